The number of aromatic nitrogens is 3. The minimum Gasteiger partial charge on any atom is -0.293 e. The van der Waals surface area contributed by atoms with Crippen LogP contribution in [0.2, 0.25) is 0 Å². The Balaban J connectivity index is 1.93. The van der Waals surface area contributed by atoms with E-state index < -0.39 is 0 Å². The number of nitrogens with zero attached hydrogens (tertiary/aromatic N) is 3. The first-order valence-corrected chi connectivity index (χ1v) is 7.45. The van der Waals surface area contributed by atoms with Gasteiger partial charge in [0.05, 0.1) is 5.69 Å². The Hall–Kier alpha value is -2.28. The first-order chi connectivity index (χ1) is 10.2. The lowest BCUT2D eigenvalue weighted by Crippen LogP contribution is -2.11. The van der Waals surface area contributed by atoms with Crippen LogP contribution in [-0.4, -0.2) is 20.5 Å². The maximum Gasteiger partial charge on any atom is 0.250 e. The van der Waals surface area contributed by atoms with Gasteiger partial charge in [-0.05, 0) is 30.7 Å². The molecule has 3 aromatic rings. The second kappa shape index (κ2) is 5.61. The summed E-state index contributed by atoms with van der Waals surface area (Å²) in [6.07, 6.45) is 1.21. The van der Waals surface area contributed by atoms with Gasteiger partial charge in [0, 0.05) is 17.4 Å². The summed E-state index contributed by atoms with van der Waals surface area (Å²) >= 11 is 1.42. The van der Waals surface area contributed by atoms with E-state index in [9.17, 15) is 9.18 Å². The zero-order chi connectivity index (χ0) is 14.8. The van der Waals surface area contributed by atoms with Crippen molar-refractivity contribution in [3.8, 4) is 11.3 Å². The van der Waals surface area contributed by atoms with E-state index in [1.54, 1.807) is 16.6 Å². The first kappa shape index (κ1) is 13.7. The van der Waals surface area contributed by atoms with Crippen molar-refractivity contribution in [3.05, 3.63) is 35.5 Å². The molecule has 7 heteroatoms. The summed E-state index contributed by atoms with van der Waals surface area (Å²) in [5.74, 6) is -0.0842. The molecule has 1 aromatic carbocycles. The number of anilines is 1. The third-order valence-electron chi connectivity index (χ3n) is 2.95. The highest BCUT2D eigenvalue weighted by atomic mass is 32.1. The standard InChI is InChI=1S/C14H13FN4OS/c1-2-3-12(20)16-13-17-14-19(18-13)11(8-21-14)9-4-6-10(15)7-5-9/h4-8H,2-3H2,1H3,(H,16,18,20). The van der Waals surface area contributed by atoms with E-state index in [0.717, 1.165) is 17.7 Å². The normalized spacial score (nSPS) is 11.0. The SMILES string of the molecule is CCCC(=O)Nc1nc2scc(-c3ccc(F)cc3)n2n1. The van der Waals surface area contributed by atoms with Crippen molar-refractivity contribution in [3.63, 3.8) is 0 Å². The number of rotatable bonds is 4. The summed E-state index contributed by atoms with van der Waals surface area (Å²) < 4.78 is 14.6. The molecule has 0 bridgehead atoms. The van der Waals surface area contributed by atoms with E-state index in [1.165, 1.54) is 23.5 Å². The maximum absolute atomic E-state index is 13.0. The molecule has 0 fully saturated rings. The topological polar surface area (TPSA) is 59.3 Å². The minimum absolute atomic E-state index is 0.0981. The van der Waals surface area contributed by atoms with Crippen LogP contribution in [0, 0.1) is 5.82 Å². The van der Waals surface area contributed by atoms with Crippen LogP contribution in [0.3, 0.4) is 0 Å². The van der Waals surface area contributed by atoms with Crippen molar-refractivity contribution >= 4 is 28.2 Å². The fraction of sp³-hybridized carbons (Fsp3) is 0.214. The van der Waals surface area contributed by atoms with E-state index in [2.05, 4.69) is 15.4 Å². The van der Waals surface area contributed by atoms with Crippen LogP contribution in [0.4, 0.5) is 10.3 Å². The molecule has 0 radical (unpaired) electrons. The minimum atomic E-state index is -0.281. The molecule has 0 unspecified atom stereocenters. The molecule has 1 amide bonds. The average Bonchev–Trinajstić information content (AvgIpc) is 3.00. The van der Waals surface area contributed by atoms with Gasteiger partial charge in [-0.2, -0.15) is 4.98 Å². The van der Waals surface area contributed by atoms with Gasteiger partial charge in [0.2, 0.25) is 16.8 Å². The highest BCUT2D eigenvalue weighted by Gasteiger charge is 2.13. The molecule has 0 saturated heterocycles. The number of amides is 1. The second-order valence-corrected chi connectivity index (χ2v) is 5.39. The molecule has 1 N–H and O–H groups in total. The fourth-order valence-corrected chi connectivity index (χ4v) is 2.80. The van der Waals surface area contributed by atoms with Gasteiger partial charge in [0.25, 0.3) is 0 Å². The molecule has 0 aliphatic heterocycles. The Morgan fingerprint density at radius 2 is 2.14 bits per heavy atom. The van der Waals surface area contributed by atoms with Crippen molar-refractivity contribution in [2.45, 2.75) is 19.8 Å². The monoisotopic (exact) mass is 304 g/mol. The molecular weight excluding hydrogens is 291 g/mol. The maximum atomic E-state index is 13.0. The van der Waals surface area contributed by atoms with Crippen LogP contribution in [0.5, 0.6) is 0 Å². The van der Waals surface area contributed by atoms with Crippen LogP contribution in [-0.2, 0) is 4.79 Å². The van der Waals surface area contributed by atoms with Crippen LogP contribution in [0.15, 0.2) is 29.6 Å². The molecule has 0 aliphatic rings. The molecule has 2 aromatic heterocycles. The summed E-state index contributed by atoms with van der Waals surface area (Å²) in [6.45, 7) is 1.94. The smallest absolute Gasteiger partial charge is 0.250 e. The Labute approximate surface area is 124 Å². The lowest BCUT2D eigenvalue weighted by atomic mass is 10.2. The predicted octanol–water partition coefficient (Wildman–Crippen LogP) is 3.34. The number of carbonyl (C=O) groups is 1. The molecule has 0 saturated carbocycles. The van der Waals surface area contributed by atoms with Gasteiger partial charge in [-0.1, -0.05) is 6.92 Å². The van der Waals surface area contributed by atoms with E-state index >= 15 is 0 Å². The summed E-state index contributed by atoms with van der Waals surface area (Å²) in [6, 6.07) is 6.18. The lowest BCUT2D eigenvalue weighted by Gasteiger charge is -1.99. The van der Waals surface area contributed by atoms with Crippen LogP contribution < -0.4 is 5.32 Å². The van der Waals surface area contributed by atoms with Crippen molar-refractivity contribution in [1.82, 2.24) is 14.6 Å². The molecule has 5 nitrogen and oxygen atoms in total. The van der Waals surface area contributed by atoms with Crippen molar-refractivity contribution < 1.29 is 9.18 Å². The van der Waals surface area contributed by atoms with Crippen molar-refractivity contribution in [1.29, 1.82) is 0 Å². The van der Waals surface area contributed by atoms with Crippen molar-refractivity contribution in [2.75, 3.05) is 5.32 Å². The molecule has 108 valence electrons. The molecule has 2 heterocycles. The molecule has 0 atom stereocenters. The Morgan fingerprint density at radius 3 is 2.86 bits per heavy atom. The number of carbonyl (C=O) groups excluding carboxylic acids is 1. The fourth-order valence-electron chi connectivity index (χ4n) is 1.97. The molecule has 0 spiro atoms. The van der Waals surface area contributed by atoms with Gasteiger partial charge < -0.3 is 0 Å². The first-order valence-electron chi connectivity index (χ1n) is 6.57. The highest BCUT2D eigenvalue weighted by molar-refractivity contribution is 7.15. The zero-order valence-corrected chi connectivity index (χ0v) is 12.2. The Morgan fingerprint density at radius 1 is 1.38 bits per heavy atom. The number of fused-ring (bicyclic) bond motifs is 1. The molecule has 21 heavy (non-hydrogen) atoms. The van der Waals surface area contributed by atoms with E-state index in [0.29, 0.717) is 17.3 Å². The van der Waals surface area contributed by atoms with Gasteiger partial charge in [-0.15, -0.1) is 16.4 Å². The summed E-state index contributed by atoms with van der Waals surface area (Å²) in [4.78, 5) is 16.5. The van der Waals surface area contributed by atoms with E-state index in [1.807, 2.05) is 12.3 Å². The average molecular weight is 304 g/mol. The third-order valence-corrected chi connectivity index (χ3v) is 3.77. The second-order valence-electron chi connectivity index (χ2n) is 4.56. The largest absolute Gasteiger partial charge is 0.293 e. The van der Waals surface area contributed by atoms with Gasteiger partial charge >= 0.3 is 0 Å². The van der Waals surface area contributed by atoms with Gasteiger partial charge in [-0.25, -0.2) is 8.91 Å². The lowest BCUT2D eigenvalue weighted by molar-refractivity contribution is -0.116. The number of thiazole rings is 1. The summed E-state index contributed by atoms with van der Waals surface area (Å²) in [5, 5.41) is 8.86. The third kappa shape index (κ3) is 2.78. The summed E-state index contributed by atoms with van der Waals surface area (Å²) in [7, 11) is 0. The molecular formula is C14H13FN4OS. The predicted molar refractivity (Wildman–Crippen MR) is 79.8 cm³/mol. The number of halogens is 1. The van der Waals surface area contributed by atoms with E-state index in [-0.39, 0.29) is 11.7 Å². The Bertz CT molecular complexity index is 778. The van der Waals surface area contributed by atoms with Crippen LogP contribution in [0.25, 0.3) is 16.2 Å². The van der Waals surface area contributed by atoms with Gasteiger partial charge in [0.1, 0.15) is 5.82 Å². The molecule has 3 rings (SSSR count). The Kier molecular flexibility index (Phi) is 3.66. The zero-order valence-electron chi connectivity index (χ0n) is 11.3. The summed E-state index contributed by atoms with van der Waals surface area (Å²) in [5.41, 5.74) is 1.66. The van der Waals surface area contributed by atoms with Gasteiger partial charge in [0.15, 0.2) is 0 Å². The van der Waals surface area contributed by atoms with Crippen LogP contribution >= 0.6 is 11.3 Å². The number of hydrogen-bond acceptors (Lipinski definition) is 4. The number of nitrogens with one attached hydrogen (secondary N) is 1. The highest BCUT2D eigenvalue weighted by Crippen LogP contribution is 2.26. The number of hydrogen-bond donors (Lipinski definition) is 1. The van der Waals surface area contributed by atoms with Crippen molar-refractivity contribution in [2.24, 2.45) is 0 Å². The quantitative estimate of drug-likeness (QED) is 0.804. The number of benzene rings is 1. The molecule has 0 aliphatic carbocycles. The van der Waals surface area contributed by atoms with E-state index in [4.69, 9.17) is 0 Å². The van der Waals surface area contributed by atoms with Crippen LogP contribution in [0.1, 0.15) is 19.8 Å². The van der Waals surface area contributed by atoms with Gasteiger partial charge in [-0.3, -0.25) is 10.1 Å².